The number of aromatic nitrogens is 1. The van der Waals surface area contributed by atoms with E-state index in [1.54, 1.807) is 12.1 Å². The number of carboxylic acid groups (broad SMARTS) is 1. The van der Waals surface area contributed by atoms with Crippen molar-refractivity contribution in [3.05, 3.63) is 53.3 Å². The molecule has 106 valence electrons. The van der Waals surface area contributed by atoms with Gasteiger partial charge in [0.15, 0.2) is 0 Å². The number of nitrogens with zero attached hydrogens (tertiary/aromatic N) is 1. The first kappa shape index (κ1) is 13.1. The average Bonchev–Trinajstić information content (AvgIpc) is 2.94. The molecule has 2 aromatic rings. The minimum atomic E-state index is -1.08. The van der Waals surface area contributed by atoms with Crippen molar-refractivity contribution in [2.75, 3.05) is 17.2 Å². The van der Waals surface area contributed by atoms with Crippen LogP contribution in [0.1, 0.15) is 26.3 Å². The molecule has 0 aliphatic carbocycles. The van der Waals surface area contributed by atoms with Crippen LogP contribution in [0, 0.1) is 0 Å². The number of rotatable bonds is 3. The summed E-state index contributed by atoms with van der Waals surface area (Å²) in [6.45, 7) is 0.880. The van der Waals surface area contributed by atoms with E-state index >= 15 is 0 Å². The first-order valence-electron chi connectivity index (χ1n) is 6.50. The van der Waals surface area contributed by atoms with E-state index in [0.717, 1.165) is 18.7 Å². The molecule has 1 amide bonds. The fourth-order valence-corrected chi connectivity index (χ4v) is 2.26. The Morgan fingerprint density at radius 1 is 1.19 bits per heavy atom. The lowest BCUT2D eigenvalue weighted by atomic mass is 10.1. The van der Waals surface area contributed by atoms with Crippen LogP contribution in [-0.2, 0) is 6.42 Å². The molecule has 0 bridgehead atoms. The van der Waals surface area contributed by atoms with Gasteiger partial charge in [0.1, 0.15) is 0 Å². The van der Waals surface area contributed by atoms with Crippen molar-refractivity contribution in [1.82, 2.24) is 4.98 Å². The van der Waals surface area contributed by atoms with Gasteiger partial charge in [0.2, 0.25) is 0 Å². The monoisotopic (exact) mass is 283 g/mol. The predicted octanol–water partition coefficient (Wildman–Crippen LogP) is 2.00. The molecule has 1 aromatic heterocycles. The predicted molar refractivity (Wildman–Crippen MR) is 77.8 cm³/mol. The number of pyridine rings is 1. The number of anilines is 2. The zero-order chi connectivity index (χ0) is 14.8. The van der Waals surface area contributed by atoms with Gasteiger partial charge in [0, 0.05) is 24.0 Å². The van der Waals surface area contributed by atoms with Gasteiger partial charge in [-0.05, 0) is 30.2 Å². The summed E-state index contributed by atoms with van der Waals surface area (Å²) in [4.78, 5) is 26.9. The van der Waals surface area contributed by atoms with Crippen LogP contribution in [0.3, 0.4) is 0 Å². The fraction of sp³-hybridized carbons (Fsp3) is 0.133. The summed E-state index contributed by atoms with van der Waals surface area (Å²) in [5.74, 6) is -1.38. The van der Waals surface area contributed by atoms with Gasteiger partial charge in [0.25, 0.3) is 5.91 Å². The highest BCUT2D eigenvalue weighted by atomic mass is 16.4. The van der Waals surface area contributed by atoms with E-state index in [9.17, 15) is 9.59 Å². The van der Waals surface area contributed by atoms with Gasteiger partial charge in [0.05, 0.1) is 17.4 Å². The van der Waals surface area contributed by atoms with Crippen molar-refractivity contribution in [1.29, 1.82) is 0 Å². The second kappa shape index (κ2) is 5.24. The lowest BCUT2D eigenvalue weighted by Gasteiger charge is -2.07. The normalized spacial score (nSPS) is 12.4. The molecule has 2 heterocycles. The van der Waals surface area contributed by atoms with Crippen molar-refractivity contribution in [3.8, 4) is 0 Å². The van der Waals surface area contributed by atoms with Crippen LogP contribution in [0.25, 0.3) is 0 Å². The van der Waals surface area contributed by atoms with Gasteiger partial charge >= 0.3 is 5.97 Å². The van der Waals surface area contributed by atoms with Gasteiger partial charge in [-0.2, -0.15) is 0 Å². The SMILES string of the molecule is O=C(O)c1cncc(NC(=O)c2ccc3c(c2)NCC3)c1. The number of amides is 1. The molecular formula is C15H13N3O3. The van der Waals surface area contributed by atoms with E-state index in [1.165, 1.54) is 24.0 Å². The molecule has 0 unspecified atom stereocenters. The molecule has 0 spiro atoms. The Hall–Kier alpha value is -2.89. The minimum Gasteiger partial charge on any atom is -0.478 e. The molecule has 3 rings (SSSR count). The number of nitrogens with one attached hydrogen (secondary N) is 2. The molecule has 0 atom stereocenters. The molecule has 0 saturated heterocycles. The van der Waals surface area contributed by atoms with Crippen LogP contribution in [0.5, 0.6) is 0 Å². The summed E-state index contributed by atoms with van der Waals surface area (Å²) in [7, 11) is 0. The quantitative estimate of drug-likeness (QED) is 0.801. The summed E-state index contributed by atoms with van der Waals surface area (Å²) < 4.78 is 0. The minimum absolute atomic E-state index is 0.0309. The molecule has 1 aromatic carbocycles. The van der Waals surface area contributed by atoms with Crippen LogP contribution in [0.15, 0.2) is 36.7 Å². The van der Waals surface area contributed by atoms with Gasteiger partial charge in [-0.3, -0.25) is 9.78 Å². The first-order chi connectivity index (χ1) is 10.1. The fourth-order valence-electron chi connectivity index (χ4n) is 2.26. The Morgan fingerprint density at radius 2 is 2.05 bits per heavy atom. The van der Waals surface area contributed by atoms with Crippen LogP contribution >= 0.6 is 0 Å². The number of hydrogen-bond donors (Lipinski definition) is 3. The molecule has 1 aliphatic heterocycles. The Morgan fingerprint density at radius 3 is 2.86 bits per heavy atom. The van der Waals surface area contributed by atoms with Crippen LogP contribution < -0.4 is 10.6 Å². The summed E-state index contributed by atoms with van der Waals surface area (Å²) in [5.41, 5.74) is 3.07. The van der Waals surface area contributed by atoms with Gasteiger partial charge in [-0.15, -0.1) is 0 Å². The van der Waals surface area contributed by atoms with Crippen molar-refractivity contribution >= 4 is 23.3 Å². The highest BCUT2D eigenvalue weighted by Gasteiger charge is 2.14. The van der Waals surface area contributed by atoms with E-state index in [2.05, 4.69) is 15.6 Å². The second-order valence-electron chi connectivity index (χ2n) is 4.77. The van der Waals surface area contributed by atoms with Crippen LogP contribution in [-0.4, -0.2) is 28.5 Å². The van der Waals surface area contributed by atoms with Crippen molar-refractivity contribution in [3.63, 3.8) is 0 Å². The molecule has 6 nitrogen and oxygen atoms in total. The molecule has 0 fully saturated rings. The van der Waals surface area contributed by atoms with Crippen molar-refractivity contribution in [2.24, 2.45) is 0 Å². The average molecular weight is 283 g/mol. The number of benzene rings is 1. The largest absolute Gasteiger partial charge is 0.478 e. The maximum absolute atomic E-state index is 12.2. The summed E-state index contributed by atoms with van der Waals surface area (Å²) in [6.07, 6.45) is 3.61. The summed E-state index contributed by atoms with van der Waals surface area (Å²) in [5, 5.41) is 14.8. The number of hydrogen-bond acceptors (Lipinski definition) is 4. The Bertz CT molecular complexity index is 728. The van der Waals surface area contributed by atoms with Crippen LogP contribution in [0.2, 0.25) is 0 Å². The number of carboxylic acids is 1. The zero-order valence-corrected chi connectivity index (χ0v) is 11.1. The van der Waals surface area contributed by atoms with E-state index in [1.807, 2.05) is 6.07 Å². The summed E-state index contributed by atoms with van der Waals surface area (Å²) in [6, 6.07) is 6.86. The van der Waals surface area contributed by atoms with Crippen molar-refractivity contribution < 1.29 is 14.7 Å². The third-order valence-corrected chi connectivity index (χ3v) is 3.32. The summed E-state index contributed by atoms with van der Waals surface area (Å²) >= 11 is 0. The highest BCUT2D eigenvalue weighted by Crippen LogP contribution is 2.23. The lowest BCUT2D eigenvalue weighted by molar-refractivity contribution is 0.0696. The van der Waals surface area contributed by atoms with E-state index < -0.39 is 5.97 Å². The number of fused-ring (bicyclic) bond motifs is 1. The standard InChI is InChI=1S/C15H13N3O3/c19-14(10-2-1-9-3-4-17-13(9)6-10)18-12-5-11(15(20)21)7-16-8-12/h1-2,5-8,17H,3-4H2,(H,18,19)(H,20,21). The highest BCUT2D eigenvalue weighted by molar-refractivity contribution is 6.05. The molecule has 3 N–H and O–H groups in total. The topological polar surface area (TPSA) is 91.3 Å². The second-order valence-corrected chi connectivity index (χ2v) is 4.77. The Balaban J connectivity index is 1.80. The first-order valence-corrected chi connectivity index (χ1v) is 6.50. The van der Waals surface area contributed by atoms with E-state index in [-0.39, 0.29) is 11.5 Å². The third-order valence-electron chi connectivity index (χ3n) is 3.32. The zero-order valence-electron chi connectivity index (χ0n) is 11.1. The van der Waals surface area contributed by atoms with Gasteiger partial charge < -0.3 is 15.7 Å². The Labute approximate surface area is 120 Å². The maximum Gasteiger partial charge on any atom is 0.337 e. The van der Waals surface area contributed by atoms with E-state index in [0.29, 0.717) is 11.3 Å². The molecule has 0 saturated carbocycles. The lowest BCUT2D eigenvalue weighted by Crippen LogP contribution is -2.13. The number of carbonyl (C=O) groups excluding carboxylic acids is 1. The molecule has 0 radical (unpaired) electrons. The molecule has 6 heteroatoms. The third kappa shape index (κ3) is 2.69. The number of aromatic carboxylic acids is 1. The Kier molecular flexibility index (Phi) is 3.27. The molecule has 1 aliphatic rings. The van der Waals surface area contributed by atoms with Crippen molar-refractivity contribution in [2.45, 2.75) is 6.42 Å². The molecular weight excluding hydrogens is 270 g/mol. The van der Waals surface area contributed by atoms with Gasteiger partial charge in [-0.1, -0.05) is 6.07 Å². The van der Waals surface area contributed by atoms with Crippen LogP contribution in [0.4, 0.5) is 11.4 Å². The van der Waals surface area contributed by atoms with Gasteiger partial charge in [-0.25, -0.2) is 4.79 Å². The smallest absolute Gasteiger partial charge is 0.337 e. The maximum atomic E-state index is 12.2. The van der Waals surface area contributed by atoms with E-state index in [4.69, 9.17) is 5.11 Å². The number of carbonyl (C=O) groups is 2. The molecule has 21 heavy (non-hydrogen) atoms.